The zero-order valence-corrected chi connectivity index (χ0v) is 13.7. The van der Waals surface area contributed by atoms with Gasteiger partial charge >= 0.3 is 0 Å². The van der Waals surface area contributed by atoms with Gasteiger partial charge in [0.25, 0.3) is 0 Å². The molecule has 2 aliphatic carbocycles. The highest BCUT2D eigenvalue weighted by molar-refractivity contribution is 7.15. The number of amides is 1. The first-order chi connectivity index (χ1) is 10.7. The van der Waals surface area contributed by atoms with Gasteiger partial charge in [-0.05, 0) is 31.1 Å². The molecule has 2 N–H and O–H groups in total. The second-order valence-corrected chi connectivity index (χ2v) is 7.61. The Morgan fingerprint density at radius 1 is 1.41 bits per heavy atom. The topological polar surface area (TPSA) is 77.8 Å². The van der Waals surface area contributed by atoms with Gasteiger partial charge in [-0.3, -0.25) is 4.79 Å². The Kier molecular flexibility index (Phi) is 4.63. The second kappa shape index (κ2) is 6.66. The van der Waals surface area contributed by atoms with E-state index < -0.39 is 0 Å². The third-order valence-corrected chi connectivity index (χ3v) is 6.05. The van der Waals surface area contributed by atoms with Gasteiger partial charge in [0.05, 0.1) is 0 Å². The van der Waals surface area contributed by atoms with Crippen molar-refractivity contribution in [3.8, 4) is 6.19 Å². The van der Waals surface area contributed by atoms with Crippen molar-refractivity contribution >= 4 is 22.4 Å². The zero-order chi connectivity index (χ0) is 15.5. The van der Waals surface area contributed by atoms with Crippen LogP contribution in [0.1, 0.15) is 56.2 Å². The maximum Gasteiger partial charge on any atom is 0.229 e. The molecule has 0 bridgehead atoms. The summed E-state index contributed by atoms with van der Waals surface area (Å²) in [6.45, 7) is 2.32. The average Bonchev–Trinajstić information content (AvgIpc) is 2.91. The smallest absolute Gasteiger partial charge is 0.229 e. The van der Waals surface area contributed by atoms with Crippen LogP contribution in [-0.2, 0) is 4.79 Å². The molecule has 2 saturated carbocycles. The molecule has 0 spiro atoms. The van der Waals surface area contributed by atoms with Crippen LogP contribution in [0, 0.1) is 23.3 Å². The van der Waals surface area contributed by atoms with Gasteiger partial charge in [-0.25, -0.2) is 4.98 Å². The Labute approximate surface area is 135 Å². The molecule has 2 atom stereocenters. The predicted octanol–water partition coefficient (Wildman–Crippen LogP) is 3.22. The van der Waals surface area contributed by atoms with Crippen molar-refractivity contribution in [3.63, 3.8) is 0 Å². The van der Waals surface area contributed by atoms with Crippen molar-refractivity contribution in [2.75, 3.05) is 5.32 Å². The second-order valence-electron chi connectivity index (χ2n) is 6.55. The van der Waals surface area contributed by atoms with Crippen molar-refractivity contribution in [2.24, 2.45) is 11.8 Å². The van der Waals surface area contributed by atoms with Gasteiger partial charge in [0.1, 0.15) is 0 Å². The van der Waals surface area contributed by atoms with Crippen LogP contribution in [0.2, 0.25) is 0 Å². The number of nitriles is 1. The molecule has 1 amide bonds. The van der Waals surface area contributed by atoms with Crippen LogP contribution in [0.25, 0.3) is 0 Å². The lowest BCUT2D eigenvalue weighted by molar-refractivity contribution is -0.122. The van der Waals surface area contributed by atoms with E-state index in [0.29, 0.717) is 11.8 Å². The maximum absolute atomic E-state index is 12.1. The molecule has 118 valence electrons. The standard InChI is InChI=1S/C16H22N4OS/c1-10-4-2-3-5-13(10)14-8-18-16(22-14)20-15(21)11-6-12(7-11)19-9-17/h8,10-13,19H,2-7H2,1H3,(H,18,20,21)/t10-,11-,12-,13-/m0/s1. The summed E-state index contributed by atoms with van der Waals surface area (Å²) < 4.78 is 0. The highest BCUT2D eigenvalue weighted by Crippen LogP contribution is 2.40. The number of carbonyl (C=O) groups excluding carboxylic acids is 1. The van der Waals surface area contributed by atoms with Crippen LogP contribution >= 0.6 is 11.3 Å². The number of hydrogen-bond acceptors (Lipinski definition) is 5. The van der Waals surface area contributed by atoms with E-state index in [2.05, 4.69) is 22.5 Å². The van der Waals surface area contributed by atoms with Crippen LogP contribution in [0.3, 0.4) is 0 Å². The number of hydrogen-bond donors (Lipinski definition) is 2. The fraction of sp³-hybridized carbons (Fsp3) is 0.688. The molecule has 0 unspecified atom stereocenters. The summed E-state index contributed by atoms with van der Waals surface area (Å²) in [4.78, 5) is 17.8. The first-order valence-electron chi connectivity index (χ1n) is 8.08. The molecule has 0 saturated heterocycles. The van der Waals surface area contributed by atoms with E-state index in [0.717, 1.165) is 18.0 Å². The van der Waals surface area contributed by atoms with Crippen molar-refractivity contribution in [2.45, 2.75) is 57.4 Å². The van der Waals surface area contributed by atoms with E-state index in [4.69, 9.17) is 5.26 Å². The number of thiazole rings is 1. The molecule has 5 nitrogen and oxygen atoms in total. The normalized spacial score (nSPS) is 30.9. The quantitative estimate of drug-likeness (QED) is 0.660. The molecule has 1 heterocycles. The lowest BCUT2D eigenvalue weighted by Crippen LogP contribution is -2.44. The van der Waals surface area contributed by atoms with Gasteiger partial charge in [0.15, 0.2) is 11.3 Å². The van der Waals surface area contributed by atoms with Gasteiger partial charge in [-0.15, -0.1) is 11.3 Å². The van der Waals surface area contributed by atoms with E-state index in [1.54, 1.807) is 11.3 Å². The van der Waals surface area contributed by atoms with Crippen LogP contribution in [0.15, 0.2) is 6.20 Å². The summed E-state index contributed by atoms with van der Waals surface area (Å²) >= 11 is 1.62. The fourth-order valence-electron chi connectivity index (χ4n) is 3.50. The lowest BCUT2D eigenvalue weighted by atomic mass is 9.80. The minimum absolute atomic E-state index is 0.00630. The van der Waals surface area contributed by atoms with Crippen LogP contribution in [0.4, 0.5) is 5.13 Å². The fourth-order valence-corrected chi connectivity index (χ4v) is 4.59. The molecule has 2 aliphatic rings. The molecule has 0 aromatic carbocycles. The molecule has 0 radical (unpaired) electrons. The van der Waals surface area contributed by atoms with Crippen LogP contribution in [0.5, 0.6) is 0 Å². The largest absolute Gasteiger partial charge is 0.321 e. The van der Waals surface area contributed by atoms with E-state index in [1.807, 2.05) is 12.4 Å². The van der Waals surface area contributed by atoms with E-state index in [1.165, 1.54) is 30.6 Å². The van der Waals surface area contributed by atoms with Gasteiger partial charge in [0, 0.05) is 23.0 Å². The van der Waals surface area contributed by atoms with Gasteiger partial charge in [-0.2, -0.15) is 5.26 Å². The predicted molar refractivity (Wildman–Crippen MR) is 86.4 cm³/mol. The summed E-state index contributed by atoms with van der Waals surface area (Å²) in [5.74, 6) is 1.35. The van der Waals surface area contributed by atoms with Gasteiger partial charge in [0.2, 0.25) is 5.91 Å². The Morgan fingerprint density at radius 3 is 2.91 bits per heavy atom. The van der Waals surface area contributed by atoms with E-state index in [-0.39, 0.29) is 17.9 Å². The number of aromatic nitrogens is 1. The van der Waals surface area contributed by atoms with Crippen molar-refractivity contribution in [1.82, 2.24) is 10.3 Å². The maximum atomic E-state index is 12.1. The lowest BCUT2D eigenvalue weighted by Gasteiger charge is -2.32. The molecule has 0 aliphatic heterocycles. The number of rotatable bonds is 4. The molecule has 22 heavy (non-hydrogen) atoms. The van der Waals surface area contributed by atoms with Crippen LogP contribution < -0.4 is 10.6 Å². The molecule has 2 fully saturated rings. The third kappa shape index (κ3) is 3.25. The monoisotopic (exact) mass is 318 g/mol. The van der Waals surface area contributed by atoms with Crippen LogP contribution in [-0.4, -0.2) is 16.9 Å². The van der Waals surface area contributed by atoms with Gasteiger partial charge < -0.3 is 10.6 Å². The summed E-state index contributed by atoms with van der Waals surface area (Å²) in [7, 11) is 0. The Bertz CT molecular complexity index is 573. The summed E-state index contributed by atoms with van der Waals surface area (Å²) in [5, 5.41) is 14.9. The summed E-state index contributed by atoms with van der Waals surface area (Å²) in [6.07, 6.45) is 10.5. The van der Waals surface area contributed by atoms with E-state index in [9.17, 15) is 4.79 Å². The molecular formula is C16H22N4OS. The highest BCUT2D eigenvalue weighted by atomic mass is 32.1. The Balaban J connectivity index is 1.54. The highest BCUT2D eigenvalue weighted by Gasteiger charge is 2.35. The summed E-state index contributed by atoms with van der Waals surface area (Å²) in [6, 6.07) is 0.163. The molecule has 1 aromatic heterocycles. The molecule has 1 aromatic rings. The summed E-state index contributed by atoms with van der Waals surface area (Å²) in [5.41, 5.74) is 0. The number of nitrogens with one attached hydrogen (secondary N) is 2. The minimum Gasteiger partial charge on any atom is -0.321 e. The van der Waals surface area contributed by atoms with E-state index >= 15 is 0 Å². The Morgan fingerprint density at radius 2 is 2.18 bits per heavy atom. The van der Waals surface area contributed by atoms with Gasteiger partial charge in [-0.1, -0.05) is 26.2 Å². The SMILES string of the molecule is C[C@H]1CCCC[C@@H]1c1cnc(NC(=O)[C@H]2C[C@H](NC#N)C2)s1. The van der Waals surface area contributed by atoms with Crippen molar-refractivity contribution < 1.29 is 4.79 Å². The molecule has 3 rings (SSSR count). The third-order valence-electron chi connectivity index (χ3n) is 5.01. The minimum atomic E-state index is 0.00630. The number of anilines is 1. The number of nitrogens with zero attached hydrogens (tertiary/aromatic N) is 2. The van der Waals surface area contributed by atoms with Crippen molar-refractivity contribution in [3.05, 3.63) is 11.1 Å². The first kappa shape index (κ1) is 15.3. The average molecular weight is 318 g/mol. The Hall–Kier alpha value is -1.61. The first-order valence-corrected chi connectivity index (χ1v) is 8.90. The molecule has 6 heteroatoms. The number of carbonyl (C=O) groups is 1. The zero-order valence-electron chi connectivity index (χ0n) is 12.8. The van der Waals surface area contributed by atoms with Crippen molar-refractivity contribution in [1.29, 1.82) is 5.26 Å². The molecular weight excluding hydrogens is 296 g/mol.